The summed E-state index contributed by atoms with van der Waals surface area (Å²) in [5.74, 6) is -0.560. The first kappa shape index (κ1) is 26.9. The summed E-state index contributed by atoms with van der Waals surface area (Å²) in [5, 5.41) is 26.0. The molecule has 3 rings (SSSR count). The molecule has 1 fully saturated rings. The van der Waals surface area contributed by atoms with Gasteiger partial charge in [-0.1, -0.05) is 42.7 Å². The summed E-state index contributed by atoms with van der Waals surface area (Å²) in [4.78, 5) is 28.2. The second-order valence-electron chi connectivity index (χ2n) is 10.6. The van der Waals surface area contributed by atoms with Crippen molar-refractivity contribution < 1.29 is 19.8 Å². The number of benzene rings is 1. The molecule has 0 unspecified atom stereocenters. The fourth-order valence-electron chi connectivity index (χ4n) is 4.82. The van der Waals surface area contributed by atoms with Crippen LogP contribution in [0.3, 0.4) is 0 Å². The van der Waals surface area contributed by atoms with Gasteiger partial charge in [0.15, 0.2) is 0 Å². The molecule has 1 aliphatic heterocycles. The molecule has 0 aromatic heterocycles. The Kier molecular flexibility index (Phi) is 8.36. The number of hydrogen-bond donors (Lipinski definition) is 3. The summed E-state index contributed by atoms with van der Waals surface area (Å²) < 4.78 is 0. The van der Waals surface area contributed by atoms with E-state index in [0.29, 0.717) is 11.6 Å². The molecule has 190 valence electrons. The van der Waals surface area contributed by atoms with E-state index in [2.05, 4.69) is 15.3 Å². The van der Waals surface area contributed by atoms with Crippen molar-refractivity contribution in [3.05, 3.63) is 56.6 Å². The van der Waals surface area contributed by atoms with Gasteiger partial charge in [-0.2, -0.15) is 0 Å². The topological polar surface area (TPSA) is 139 Å². The van der Waals surface area contributed by atoms with Gasteiger partial charge >= 0.3 is 12.0 Å². The third kappa shape index (κ3) is 6.28. The minimum atomic E-state index is -0.963. The van der Waals surface area contributed by atoms with Gasteiger partial charge in [0, 0.05) is 35.8 Å². The van der Waals surface area contributed by atoms with Crippen LogP contribution in [0.15, 0.2) is 35.1 Å². The molecule has 1 aromatic carbocycles. The van der Waals surface area contributed by atoms with Gasteiger partial charge in [-0.25, -0.2) is 4.79 Å². The van der Waals surface area contributed by atoms with Crippen molar-refractivity contribution in [2.24, 2.45) is 22.4 Å². The van der Waals surface area contributed by atoms with E-state index >= 15 is 0 Å². The van der Waals surface area contributed by atoms with Crippen molar-refractivity contribution in [1.29, 1.82) is 0 Å². The average Bonchev–Trinajstić information content (AvgIpc) is 2.76. The number of hydrogen-bond acceptors (Lipinski definition) is 4. The molecule has 1 saturated carbocycles. The zero-order chi connectivity index (χ0) is 25.8. The van der Waals surface area contributed by atoms with Crippen LogP contribution in [0.1, 0.15) is 57.6 Å². The van der Waals surface area contributed by atoms with Crippen LogP contribution < -0.4 is 5.32 Å². The first-order chi connectivity index (χ1) is 16.5. The Bertz CT molecular complexity index is 1050. The zero-order valence-electron chi connectivity index (χ0n) is 20.5. The molecule has 35 heavy (non-hydrogen) atoms. The highest BCUT2D eigenvalue weighted by Gasteiger charge is 2.45. The minimum Gasteiger partial charge on any atom is -0.481 e. The lowest BCUT2D eigenvalue weighted by atomic mass is 9.65. The van der Waals surface area contributed by atoms with E-state index in [9.17, 15) is 14.7 Å². The molecule has 3 N–H and O–H groups in total. The van der Waals surface area contributed by atoms with E-state index in [0.717, 1.165) is 42.4 Å². The van der Waals surface area contributed by atoms with Crippen molar-refractivity contribution in [1.82, 2.24) is 10.2 Å². The van der Waals surface area contributed by atoms with Crippen molar-refractivity contribution in [2.75, 3.05) is 19.7 Å². The number of amides is 2. The number of aryl methyl sites for hydroxylation is 1. The van der Waals surface area contributed by atoms with E-state index < -0.39 is 11.5 Å². The second-order valence-corrected chi connectivity index (χ2v) is 11.0. The Hall–Kier alpha value is -2.74. The van der Waals surface area contributed by atoms with Crippen LogP contribution in [0.2, 0.25) is 5.02 Å². The quantitative estimate of drug-likeness (QED) is 0.216. The van der Waals surface area contributed by atoms with E-state index in [1.807, 2.05) is 39.0 Å². The number of carbonyl (C=O) groups excluding carboxylic acids is 1. The number of carboxylic acids is 1. The van der Waals surface area contributed by atoms with Gasteiger partial charge in [0.25, 0.3) is 0 Å². The van der Waals surface area contributed by atoms with E-state index in [-0.39, 0.29) is 42.9 Å². The number of carboxylic acid groups (broad SMARTS) is 1. The average molecular weight is 504 g/mol. The molecule has 9 nitrogen and oxygen atoms in total. The van der Waals surface area contributed by atoms with Crippen molar-refractivity contribution in [3.8, 4) is 0 Å². The molecule has 1 aliphatic carbocycles. The van der Waals surface area contributed by atoms with Crippen LogP contribution in [0.4, 0.5) is 4.79 Å². The fraction of sp³-hybridized carbons (Fsp3) is 0.600. The van der Waals surface area contributed by atoms with Crippen LogP contribution in [0.25, 0.3) is 10.4 Å². The Labute approximate surface area is 210 Å². The lowest BCUT2D eigenvalue weighted by Crippen LogP contribution is -2.56. The maximum atomic E-state index is 12.9. The molecule has 2 aliphatic rings. The van der Waals surface area contributed by atoms with Crippen LogP contribution in [-0.2, 0) is 16.8 Å². The first-order valence-electron chi connectivity index (χ1n) is 11.9. The van der Waals surface area contributed by atoms with Crippen molar-refractivity contribution >= 4 is 23.6 Å². The molecule has 0 spiro atoms. The van der Waals surface area contributed by atoms with Crippen molar-refractivity contribution in [2.45, 2.75) is 58.4 Å². The molecule has 1 heterocycles. The maximum Gasteiger partial charge on any atom is 0.322 e. The van der Waals surface area contributed by atoms with Crippen LogP contribution in [0.5, 0.6) is 0 Å². The summed E-state index contributed by atoms with van der Waals surface area (Å²) in [5.41, 5.74) is 10.5. The molecular weight excluding hydrogens is 470 g/mol. The SMILES string of the molecule is CC(C)(CCc1ccc([C@]2(C)NC(=O)N(CCC(=O)O)C=C2C2CC(CO)C2)cc1Cl)CN=[N+]=[N-]. The monoisotopic (exact) mass is 503 g/mol. The summed E-state index contributed by atoms with van der Waals surface area (Å²) in [6.07, 6.45) is 4.80. The lowest BCUT2D eigenvalue weighted by molar-refractivity contribution is -0.137. The predicted molar refractivity (Wildman–Crippen MR) is 134 cm³/mol. The number of urea groups is 1. The molecule has 0 bridgehead atoms. The third-order valence-electron chi connectivity index (χ3n) is 7.25. The third-order valence-corrected chi connectivity index (χ3v) is 7.61. The number of rotatable bonds is 11. The fourth-order valence-corrected chi connectivity index (χ4v) is 5.10. The highest BCUT2D eigenvalue weighted by atomic mass is 35.5. The van der Waals surface area contributed by atoms with Gasteiger partial charge in [-0.3, -0.25) is 4.79 Å². The lowest BCUT2D eigenvalue weighted by Gasteiger charge is -2.47. The largest absolute Gasteiger partial charge is 0.481 e. The molecule has 10 heteroatoms. The second kappa shape index (κ2) is 10.9. The standard InChI is InChI=1S/C25H34ClN5O4/c1-24(2,15-28-30-27)8-6-17-4-5-19(12-21(17)26)25(3)20(18-10-16(11-18)14-32)13-31(23(35)29-25)9-7-22(33)34/h4-5,12-13,16,18,32H,6-11,14-15H2,1-3H3,(H,29,35)(H,33,34)/t16?,18?,25-/m0/s1. The number of aliphatic carboxylic acids is 1. The van der Waals surface area contributed by atoms with Gasteiger partial charge in [0.05, 0.1) is 12.0 Å². The summed E-state index contributed by atoms with van der Waals surface area (Å²) >= 11 is 6.69. The summed E-state index contributed by atoms with van der Waals surface area (Å²) in [7, 11) is 0. The first-order valence-corrected chi connectivity index (χ1v) is 12.3. The summed E-state index contributed by atoms with van der Waals surface area (Å²) in [6, 6.07) is 5.49. The molecule has 0 saturated heterocycles. The number of carbonyl (C=O) groups is 2. The molecular formula is C25H34ClN5O4. The molecule has 0 radical (unpaired) electrons. The Morgan fingerprint density at radius 1 is 1.40 bits per heavy atom. The molecule has 2 amide bonds. The summed E-state index contributed by atoms with van der Waals surface area (Å²) in [6.45, 7) is 6.67. The van der Waals surface area contributed by atoms with Gasteiger partial charge in [-0.15, -0.1) is 0 Å². The van der Waals surface area contributed by atoms with E-state index in [1.54, 1.807) is 6.20 Å². The van der Waals surface area contributed by atoms with E-state index in [4.69, 9.17) is 22.2 Å². The highest BCUT2D eigenvalue weighted by molar-refractivity contribution is 6.31. The van der Waals surface area contributed by atoms with E-state index in [1.165, 1.54) is 4.90 Å². The van der Waals surface area contributed by atoms with Gasteiger partial charge < -0.3 is 20.4 Å². The number of halogens is 1. The van der Waals surface area contributed by atoms with Crippen LogP contribution >= 0.6 is 11.6 Å². The van der Waals surface area contributed by atoms with Gasteiger partial charge in [-0.05, 0) is 78.2 Å². The molecule has 1 aromatic rings. The Balaban J connectivity index is 1.87. The number of nitrogens with one attached hydrogen (secondary N) is 1. The normalized spacial score (nSPS) is 24.2. The maximum absolute atomic E-state index is 12.9. The number of nitrogens with zero attached hydrogens (tertiary/aromatic N) is 4. The van der Waals surface area contributed by atoms with Crippen LogP contribution in [0, 0.1) is 17.3 Å². The van der Waals surface area contributed by atoms with Crippen molar-refractivity contribution in [3.63, 3.8) is 0 Å². The predicted octanol–water partition coefficient (Wildman–Crippen LogP) is 5.23. The Morgan fingerprint density at radius 3 is 2.71 bits per heavy atom. The van der Waals surface area contributed by atoms with Crippen LogP contribution in [-0.4, -0.2) is 46.8 Å². The van der Waals surface area contributed by atoms with Gasteiger partial charge in [0.2, 0.25) is 0 Å². The smallest absolute Gasteiger partial charge is 0.322 e. The number of aliphatic hydroxyl groups is 1. The highest BCUT2D eigenvalue weighted by Crippen LogP contribution is 2.47. The molecule has 1 atom stereocenters. The number of aliphatic hydroxyl groups excluding tert-OH is 1. The Morgan fingerprint density at radius 2 is 2.11 bits per heavy atom. The minimum absolute atomic E-state index is 0.0855. The zero-order valence-corrected chi connectivity index (χ0v) is 21.3. The van der Waals surface area contributed by atoms with Gasteiger partial charge in [0.1, 0.15) is 0 Å². The number of azide groups is 1.